The first-order valence-electron chi connectivity index (χ1n) is 9.26. The molecule has 0 fully saturated rings. The molecule has 2 aromatic carbocycles. The number of anilines is 1. The van der Waals surface area contributed by atoms with Crippen molar-refractivity contribution in [3.8, 4) is 0 Å². The molecule has 134 valence electrons. The maximum atomic E-state index is 13.3. The van der Waals surface area contributed by atoms with Crippen molar-refractivity contribution in [3.05, 3.63) is 52.4 Å². The van der Waals surface area contributed by atoms with Gasteiger partial charge in [0.05, 0.1) is 21.9 Å². The number of fused-ring (bicyclic) bond motifs is 2. The highest BCUT2D eigenvalue weighted by Gasteiger charge is 2.16. The van der Waals surface area contributed by atoms with E-state index in [1.54, 1.807) is 0 Å². The molecule has 0 spiro atoms. The smallest absolute Gasteiger partial charge is 0.199 e. The third kappa shape index (κ3) is 2.59. The van der Waals surface area contributed by atoms with Gasteiger partial charge in [-0.2, -0.15) is 0 Å². The minimum atomic E-state index is 0.0765. The van der Waals surface area contributed by atoms with Gasteiger partial charge in [0.15, 0.2) is 5.43 Å². The van der Waals surface area contributed by atoms with Crippen molar-refractivity contribution < 1.29 is 0 Å². The van der Waals surface area contributed by atoms with Gasteiger partial charge in [0, 0.05) is 24.2 Å². The van der Waals surface area contributed by atoms with Gasteiger partial charge in [0.25, 0.3) is 0 Å². The van der Waals surface area contributed by atoms with Crippen LogP contribution >= 0.6 is 0 Å². The summed E-state index contributed by atoms with van der Waals surface area (Å²) in [5.41, 5.74) is 4.73. The highest BCUT2D eigenvalue weighted by molar-refractivity contribution is 6.07. The fraction of sp³-hybridized carbons (Fsp3) is 0.333. The number of benzene rings is 2. The SMILES string of the molecule is CCN(CC)CCNc1ccc2ncn3c4ccc(C)cc4c(=O)c1c23. The van der Waals surface area contributed by atoms with Crippen molar-refractivity contribution in [2.75, 3.05) is 31.5 Å². The molecule has 4 rings (SSSR count). The predicted octanol–water partition coefficient (Wildman–Crippen LogP) is 3.50. The number of imidazole rings is 1. The van der Waals surface area contributed by atoms with Crippen LogP contribution in [0.5, 0.6) is 0 Å². The Bertz CT molecular complexity index is 1130. The molecule has 0 bridgehead atoms. The van der Waals surface area contributed by atoms with Gasteiger partial charge in [-0.3, -0.25) is 9.20 Å². The molecule has 4 aromatic rings. The van der Waals surface area contributed by atoms with Crippen LogP contribution in [0.4, 0.5) is 5.69 Å². The Morgan fingerprint density at radius 1 is 1.15 bits per heavy atom. The normalized spacial score (nSPS) is 12.0. The van der Waals surface area contributed by atoms with Crippen LogP contribution in [0.1, 0.15) is 19.4 Å². The van der Waals surface area contributed by atoms with Gasteiger partial charge in [-0.25, -0.2) is 4.98 Å². The van der Waals surface area contributed by atoms with E-state index in [1.807, 2.05) is 48.0 Å². The van der Waals surface area contributed by atoms with E-state index >= 15 is 0 Å². The molecule has 2 aromatic heterocycles. The quantitative estimate of drug-likeness (QED) is 0.542. The Kier molecular flexibility index (Phi) is 4.24. The predicted molar refractivity (Wildman–Crippen MR) is 109 cm³/mol. The molecule has 0 unspecified atom stereocenters. The molecule has 0 saturated carbocycles. The van der Waals surface area contributed by atoms with Crippen LogP contribution in [0.25, 0.3) is 27.3 Å². The summed E-state index contributed by atoms with van der Waals surface area (Å²) in [6, 6.07) is 9.98. The zero-order valence-electron chi connectivity index (χ0n) is 15.5. The second-order valence-corrected chi connectivity index (χ2v) is 6.77. The second kappa shape index (κ2) is 6.57. The van der Waals surface area contributed by atoms with Gasteiger partial charge in [0.2, 0.25) is 0 Å². The van der Waals surface area contributed by atoms with Crippen molar-refractivity contribution in [1.82, 2.24) is 14.3 Å². The highest BCUT2D eigenvalue weighted by Crippen LogP contribution is 2.28. The van der Waals surface area contributed by atoms with Crippen LogP contribution in [0.15, 0.2) is 41.5 Å². The lowest BCUT2D eigenvalue weighted by Gasteiger charge is -2.19. The Morgan fingerprint density at radius 2 is 1.96 bits per heavy atom. The summed E-state index contributed by atoms with van der Waals surface area (Å²) in [5.74, 6) is 0. The molecule has 5 nitrogen and oxygen atoms in total. The number of hydrogen-bond acceptors (Lipinski definition) is 4. The van der Waals surface area contributed by atoms with Gasteiger partial charge in [0.1, 0.15) is 6.33 Å². The van der Waals surface area contributed by atoms with Crippen LogP contribution in [0, 0.1) is 6.92 Å². The fourth-order valence-corrected chi connectivity index (χ4v) is 3.73. The third-order valence-electron chi connectivity index (χ3n) is 5.23. The Labute approximate surface area is 152 Å². The number of aryl methyl sites for hydroxylation is 1. The van der Waals surface area contributed by atoms with Gasteiger partial charge in [-0.15, -0.1) is 0 Å². The van der Waals surface area contributed by atoms with Crippen LogP contribution in [0.3, 0.4) is 0 Å². The molecular formula is C21H24N4O. The number of nitrogens with zero attached hydrogens (tertiary/aromatic N) is 3. The number of rotatable bonds is 6. The molecule has 0 aliphatic rings. The monoisotopic (exact) mass is 348 g/mol. The van der Waals surface area contributed by atoms with E-state index in [4.69, 9.17) is 0 Å². The van der Waals surface area contributed by atoms with Gasteiger partial charge >= 0.3 is 0 Å². The first-order valence-corrected chi connectivity index (χ1v) is 9.26. The van der Waals surface area contributed by atoms with Crippen LogP contribution in [0.2, 0.25) is 0 Å². The maximum Gasteiger partial charge on any atom is 0.199 e. The molecule has 0 aliphatic heterocycles. The molecule has 5 heteroatoms. The summed E-state index contributed by atoms with van der Waals surface area (Å²) in [5, 5.41) is 4.96. The first-order chi connectivity index (χ1) is 12.6. The van der Waals surface area contributed by atoms with Crippen LogP contribution in [-0.2, 0) is 0 Å². The van der Waals surface area contributed by atoms with Gasteiger partial charge in [-0.1, -0.05) is 25.5 Å². The summed E-state index contributed by atoms with van der Waals surface area (Å²) >= 11 is 0. The Hall–Kier alpha value is -2.66. The topological polar surface area (TPSA) is 49.6 Å². The number of pyridine rings is 1. The molecule has 0 saturated heterocycles. The first kappa shape index (κ1) is 16.8. The second-order valence-electron chi connectivity index (χ2n) is 6.77. The van der Waals surface area contributed by atoms with Crippen LogP contribution < -0.4 is 10.7 Å². The van der Waals surface area contributed by atoms with Crippen molar-refractivity contribution in [1.29, 1.82) is 0 Å². The van der Waals surface area contributed by atoms with Crippen molar-refractivity contribution in [3.63, 3.8) is 0 Å². The van der Waals surface area contributed by atoms with E-state index in [9.17, 15) is 4.79 Å². The summed E-state index contributed by atoms with van der Waals surface area (Å²) < 4.78 is 2.04. The Balaban J connectivity index is 1.87. The molecular weight excluding hydrogens is 324 g/mol. The molecule has 2 heterocycles. The summed E-state index contributed by atoms with van der Waals surface area (Å²) in [7, 11) is 0. The summed E-state index contributed by atoms with van der Waals surface area (Å²) in [4.78, 5) is 20.1. The van der Waals surface area contributed by atoms with E-state index in [2.05, 4.69) is 29.0 Å². The lowest BCUT2D eigenvalue weighted by Crippen LogP contribution is -2.28. The molecule has 0 aliphatic carbocycles. The standard InChI is InChI=1S/C21H24N4O/c1-4-24(5-2)11-10-22-16-7-8-17-20-19(16)21(26)15-12-14(3)6-9-18(15)25(20)13-23-17/h6-9,12-13,22H,4-5,10-11H2,1-3H3. The summed E-state index contributed by atoms with van der Waals surface area (Å²) in [6.45, 7) is 10.2. The van der Waals surface area contributed by atoms with Gasteiger partial charge < -0.3 is 10.2 Å². The van der Waals surface area contributed by atoms with Crippen molar-refractivity contribution >= 4 is 33.0 Å². The molecule has 1 N–H and O–H groups in total. The minimum Gasteiger partial charge on any atom is -0.383 e. The average Bonchev–Trinajstić information content (AvgIpc) is 3.08. The fourth-order valence-electron chi connectivity index (χ4n) is 3.73. The van der Waals surface area contributed by atoms with Gasteiger partial charge in [-0.05, 0) is 44.3 Å². The molecule has 26 heavy (non-hydrogen) atoms. The van der Waals surface area contributed by atoms with E-state index < -0.39 is 0 Å². The highest BCUT2D eigenvalue weighted by atomic mass is 16.1. The van der Waals surface area contributed by atoms with E-state index in [0.29, 0.717) is 0 Å². The van der Waals surface area contributed by atoms with E-state index in [1.165, 1.54) is 0 Å². The number of aromatic nitrogens is 2. The van der Waals surface area contributed by atoms with Crippen molar-refractivity contribution in [2.45, 2.75) is 20.8 Å². The van der Waals surface area contributed by atoms with E-state index in [0.717, 1.165) is 64.8 Å². The third-order valence-corrected chi connectivity index (χ3v) is 5.23. The minimum absolute atomic E-state index is 0.0765. The average molecular weight is 348 g/mol. The lowest BCUT2D eigenvalue weighted by atomic mass is 10.1. The number of likely N-dealkylation sites (N-methyl/N-ethyl adjacent to an activating group) is 1. The van der Waals surface area contributed by atoms with Crippen LogP contribution in [-0.4, -0.2) is 40.5 Å². The van der Waals surface area contributed by atoms with Crippen molar-refractivity contribution in [2.24, 2.45) is 0 Å². The number of nitrogens with one attached hydrogen (secondary N) is 1. The number of hydrogen-bond donors (Lipinski definition) is 1. The summed E-state index contributed by atoms with van der Waals surface area (Å²) in [6.07, 6.45) is 1.81. The zero-order valence-corrected chi connectivity index (χ0v) is 15.5. The zero-order chi connectivity index (χ0) is 18.3. The maximum absolute atomic E-state index is 13.3. The Morgan fingerprint density at radius 3 is 2.73 bits per heavy atom. The lowest BCUT2D eigenvalue weighted by molar-refractivity contribution is 0.316. The molecule has 0 atom stereocenters. The largest absolute Gasteiger partial charge is 0.383 e. The molecule has 0 amide bonds. The molecule has 0 radical (unpaired) electrons. The van der Waals surface area contributed by atoms with E-state index in [-0.39, 0.29) is 5.43 Å².